The van der Waals surface area contributed by atoms with Gasteiger partial charge in [-0.25, -0.2) is 0 Å². The molecular weight excluding hydrogens is 352 g/mol. The molecule has 0 bridgehead atoms. The molecular formula is C28H50O. The number of hydrogen-bond donors (Lipinski definition) is 0. The van der Waals surface area contributed by atoms with Gasteiger partial charge in [-0.3, -0.25) is 0 Å². The van der Waals surface area contributed by atoms with Gasteiger partial charge in [0, 0.05) is 0 Å². The summed E-state index contributed by atoms with van der Waals surface area (Å²) in [5, 5.41) is 0. The molecule has 1 heteroatoms. The quantitative estimate of drug-likeness (QED) is 0.293. The SMILES string of the molecule is CCCC1C2C[C@H](CC)[C@@H]3CCCC[C@]3(C)C2CCC1(C)CCCCC1(C)CO1. The Labute approximate surface area is 182 Å². The first-order valence-corrected chi connectivity index (χ1v) is 13.5. The zero-order valence-corrected chi connectivity index (χ0v) is 20.4. The van der Waals surface area contributed by atoms with Gasteiger partial charge in [0.2, 0.25) is 0 Å². The molecule has 0 aromatic rings. The third-order valence-electron chi connectivity index (χ3n) is 10.7. The predicted octanol–water partition coefficient (Wildman–Crippen LogP) is 8.41. The normalized spacial score (nSPS) is 49.3. The molecule has 0 radical (unpaired) electrons. The molecule has 3 saturated carbocycles. The Morgan fingerprint density at radius 2 is 1.66 bits per heavy atom. The highest BCUT2D eigenvalue weighted by Crippen LogP contribution is 2.66. The summed E-state index contributed by atoms with van der Waals surface area (Å²) in [5.41, 5.74) is 1.51. The number of unbranched alkanes of at least 4 members (excludes halogenated alkanes) is 1. The van der Waals surface area contributed by atoms with Gasteiger partial charge in [0.25, 0.3) is 0 Å². The fourth-order valence-electron chi connectivity index (χ4n) is 8.89. The van der Waals surface area contributed by atoms with Crippen molar-refractivity contribution in [3.63, 3.8) is 0 Å². The first kappa shape index (κ1) is 22.2. The Morgan fingerprint density at radius 3 is 2.34 bits per heavy atom. The summed E-state index contributed by atoms with van der Waals surface area (Å²) in [5.74, 6) is 5.07. The van der Waals surface area contributed by atoms with Gasteiger partial charge in [0.05, 0.1) is 12.2 Å². The van der Waals surface area contributed by atoms with Crippen LogP contribution in [0.25, 0.3) is 0 Å². The summed E-state index contributed by atoms with van der Waals surface area (Å²) >= 11 is 0. The molecule has 0 amide bonds. The van der Waals surface area contributed by atoms with Crippen molar-refractivity contribution < 1.29 is 4.74 Å². The Hall–Kier alpha value is -0.0400. The average Bonchev–Trinajstić information content (AvgIpc) is 3.44. The van der Waals surface area contributed by atoms with E-state index in [0.717, 1.165) is 36.2 Å². The number of fused-ring (bicyclic) bond motifs is 3. The van der Waals surface area contributed by atoms with Gasteiger partial charge in [-0.2, -0.15) is 0 Å². The molecule has 8 atom stereocenters. The second kappa shape index (κ2) is 8.48. The number of hydrogen-bond acceptors (Lipinski definition) is 1. The maximum Gasteiger partial charge on any atom is 0.0888 e. The van der Waals surface area contributed by atoms with Gasteiger partial charge in [0.1, 0.15) is 0 Å². The lowest BCUT2D eigenvalue weighted by Crippen LogP contribution is -2.55. The second-order valence-electron chi connectivity index (χ2n) is 12.6. The van der Waals surface area contributed by atoms with Crippen LogP contribution in [-0.2, 0) is 4.74 Å². The lowest BCUT2D eigenvalue weighted by Gasteiger charge is -2.63. The minimum atomic E-state index is 0.254. The molecule has 0 aromatic heterocycles. The van der Waals surface area contributed by atoms with Crippen molar-refractivity contribution in [2.75, 3.05) is 6.61 Å². The molecule has 1 nitrogen and oxygen atoms in total. The van der Waals surface area contributed by atoms with E-state index in [1.165, 1.54) is 83.5 Å². The third kappa shape index (κ3) is 4.20. The molecule has 1 aliphatic heterocycles. The summed E-state index contributed by atoms with van der Waals surface area (Å²) in [6, 6.07) is 0. The molecule has 29 heavy (non-hydrogen) atoms. The minimum absolute atomic E-state index is 0.254. The van der Waals surface area contributed by atoms with Gasteiger partial charge in [-0.05, 0) is 98.7 Å². The van der Waals surface area contributed by atoms with E-state index in [1.807, 2.05) is 0 Å². The van der Waals surface area contributed by atoms with Crippen LogP contribution in [0.5, 0.6) is 0 Å². The van der Waals surface area contributed by atoms with Gasteiger partial charge < -0.3 is 4.74 Å². The first-order chi connectivity index (χ1) is 13.9. The van der Waals surface area contributed by atoms with E-state index in [0.29, 0.717) is 10.8 Å². The van der Waals surface area contributed by atoms with Crippen molar-refractivity contribution >= 4 is 0 Å². The summed E-state index contributed by atoms with van der Waals surface area (Å²) in [4.78, 5) is 0. The van der Waals surface area contributed by atoms with E-state index >= 15 is 0 Å². The van der Waals surface area contributed by atoms with Crippen LogP contribution in [0, 0.1) is 40.4 Å². The van der Waals surface area contributed by atoms with E-state index in [1.54, 1.807) is 6.42 Å². The summed E-state index contributed by atoms with van der Waals surface area (Å²) in [6.45, 7) is 13.7. The highest BCUT2D eigenvalue weighted by molar-refractivity contribution is 5.07. The van der Waals surface area contributed by atoms with Crippen molar-refractivity contribution in [2.45, 2.75) is 130 Å². The van der Waals surface area contributed by atoms with Gasteiger partial charge in [-0.15, -0.1) is 0 Å². The number of rotatable bonds is 8. The molecule has 1 saturated heterocycles. The summed E-state index contributed by atoms with van der Waals surface area (Å²) < 4.78 is 5.63. The highest BCUT2D eigenvalue weighted by Gasteiger charge is 2.57. The zero-order chi connectivity index (χ0) is 20.7. The fraction of sp³-hybridized carbons (Fsp3) is 1.00. The van der Waals surface area contributed by atoms with Crippen LogP contribution in [0.2, 0.25) is 0 Å². The summed E-state index contributed by atoms with van der Waals surface area (Å²) in [7, 11) is 0. The van der Waals surface area contributed by atoms with E-state index in [4.69, 9.17) is 4.74 Å². The number of ether oxygens (including phenoxy) is 1. The Kier molecular flexibility index (Phi) is 6.48. The highest BCUT2D eigenvalue weighted by atomic mass is 16.6. The molecule has 4 aliphatic rings. The van der Waals surface area contributed by atoms with E-state index in [-0.39, 0.29) is 5.60 Å². The molecule has 4 fully saturated rings. The standard InChI is InChI=1S/C28H50O/c1-6-12-24-22-19-21(7-2)23-13-8-9-17-28(23,5)25(22)14-18-26(24,3)15-10-11-16-27(4)20-29-27/h21-25H,6-20H2,1-5H3/t21-,22?,23-,24?,25?,26?,27?,28-/m0/s1. The molecule has 1 heterocycles. The maximum absolute atomic E-state index is 5.63. The molecule has 3 aliphatic carbocycles. The molecule has 0 N–H and O–H groups in total. The Balaban J connectivity index is 1.49. The van der Waals surface area contributed by atoms with Crippen molar-refractivity contribution in [1.82, 2.24) is 0 Å². The Bertz CT molecular complexity index is 551. The molecule has 0 aromatic carbocycles. The van der Waals surface area contributed by atoms with Crippen LogP contribution in [0.4, 0.5) is 0 Å². The maximum atomic E-state index is 5.63. The lowest BCUT2D eigenvalue weighted by molar-refractivity contribution is -0.140. The van der Waals surface area contributed by atoms with Crippen molar-refractivity contribution in [2.24, 2.45) is 40.4 Å². The lowest BCUT2D eigenvalue weighted by atomic mass is 9.42. The van der Waals surface area contributed by atoms with E-state index in [2.05, 4.69) is 34.6 Å². The predicted molar refractivity (Wildman–Crippen MR) is 124 cm³/mol. The number of epoxide rings is 1. The van der Waals surface area contributed by atoms with E-state index < -0.39 is 0 Å². The molecule has 168 valence electrons. The smallest absolute Gasteiger partial charge is 0.0888 e. The average molecular weight is 403 g/mol. The van der Waals surface area contributed by atoms with E-state index in [9.17, 15) is 0 Å². The topological polar surface area (TPSA) is 12.5 Å². The third-order valence-corrected chi connectivity index (χ3v) is 10.7. The summed E-state index contributed by atoms with van der Waals surface area (Å²) in [6.07, 6.45) is 20.5. The second-order valence-corrected chi connectivity index (χ2v) is 12.6. The minimum Gasteiger partial charge on any atom is -0.370 e. The molecule has 0 spiro atoms. The largest absolute Gasteiger partial charge is 0.370 e. The van der Waals surface area contributed by atoms with Gasteiger partial charge in [-0.1, -0.05) is 66.2 Å². The van der Waals surface area contributed by atoms with Crippen LogP contribution >= 0.6 is 0 Å². The Morgan fingerprint density at radius 1 is 0.897 bits per heavy atom. The van der Waals surface area contributed by atoms with Crippen LogP contribution in [0.3, 0.4) is 0 Å². The van der Waals surface area contributed by atoms with Crippen LogP contribution in [-0.4, -0.2) is 12.2 Å². The molecule has 5 unspecified atom stereocenters. The van der Waals surface area contributed by atoms with Crippen molar-refractivity contribution in [3.05, 3.63) is 0 Å². The van der Waals surface area contributed by atoms with Crippen molar-refractivity contribution in [3.8, 4) is 0 Å². The van der Waals surface area contributed by atoms with Crippen LogP contribution in [0.15, 0.2) is 0 Å². The fourth-order valence-corrected chi connectivity index (χ4v) is 8.89. The van der Waals surface area contributed by atoms with Crippen LogP contribution in [0.1, 0.15) is 125 Å². The monoisotopic (exact) mass is 402 g/mol. The van der Waals surface area contributed by atoms with Crippen molar-refractivity contribution in [1.29, 1.82) is 0 Å². The van der Waals surface area contributed by atoms with Gasteiger partial charge >= 0.3 is 0 Å². The van der Waals surface area contributed by atoms with Gasteiger partial charge in [0.15, 0.2) is 0 Å². The van der Waals surface area contributed by atoms with Crippen LogP contribution < -0.4 is 0 Å². The molecule has 4 rings (SSSR count). The first-order valence-electron chi connectivity index (χ1n) is 13.5. The zero-order valence-electron chi connectivity index (χ0n) is 20.4.